The third kappa shape index (κ3) is 8.93. The molecule has 0 nitrogen and oxygen atoms in total. The van der Waals surface area contributed by atoms with Crippen molar-refractivity contribution >= 4 is 11.8 Å². The Morgan fingerprint density at radius 3 is 2.14 bits per heavy atom. The van der Waals surface area contributed by atoms with Crippen molar-refractivity contribution in [3.63, 3.8) is 0 Å². The van der Waals surface area contributed by atoms with Crippen LogP contribution in [0.15, 0.2) is 0 Å². The minimum absolute atomic E-state index is 0.955. The molecule has 1 atom stereocenters. The normalized spacial score (nSPS) is 13.1. The maximum absolute atomic E-state index is 2.31. The lowest BCUT2D eigenvalue weighted by Gasteiger charge is -2.14. The van der Waals surface area contributed by atoms with Gasteiger partial charge in [-0.05, 0) is 25.0 Å². The van der Waals surface area contributed by atoms with Gasteiger partial charge in [0.15, 0.2) is 0 Å². The van der Waals surface area contributed by atoms with E-state index in [0.29, 0.717) is 0 Å². The summed E-state index contributed by atoms with van der Waals surface area (Å²) in [5.41, 5.74) is 0. The van der Waals surface area contributed by atoms with Crippen molar-refractivity contribution < 1.29 is 0 Å². The van der Waals surface area contributed by atoms with Crippen LogP contribution in [0.2, 0.25) is 0 Å². The highest BCUT2D eigenvalue weighted by atomic mass is 32.2. The van der Waals surface area contributed by atoms with Crippen LogP contribution < -0.4 is 0 Å². The quantitative estimate of drug-likeness (QED) is 0.448. The van der Waals surface area contributed by atoms with Gasteiger partial charge in [-0.25, -0.2) is 0 Å². The molecular formula is C13H28S. The zero-order chi connectivity index (χ0) is 10.6. The first-order valence-corrected chi connectivity index (χ1v) is 7.51. The third-order valence-corrected chi connectivity index (χ3v) is 4.13. The summed E-state index contributed by atoms with van der Waals surface area (Å²) in [6, 6.07) is 0. The van der Waals surface area contributed by atoms with Gasteiger partial charge in [-0.2, -0.15) is 11.8 Å². The van der Waals surface area contributed by atoms with Crippen LogP contribution in [0.5, 0.6) is 0 Å². The highest BCUT2D eigenvalue weighted by Gasteiger charge is 2.06. The summed E-state index contributed by atoms with van der Waals surface area (Å²) in [5, 5.41) is 0.955. The summed E-state index contributed by atoms with van der Waals surface area (Å²) in [5.74, 6) is 1.36. The van der Waals surface area contributed by atoms with E-state index in [4.69, 9.17) is 0 Å². The standard InChI is InChI=1S/C13H28S/c1-4-7-8-9-11-13(10-5-2)14-12-6-3/h13H,4-12H2,1-3H3. The van der Waals surface area contributed by atoms with E-state index < -0.39 is 0 Å². The molecule has 0 aromatic heterocycles. The highest BCUT2D eigenvalue weighted by Crippen LogP contribution is 2.23. The lowest BCUT2D eigenvalue weighted by molar-refractivity contribution is 0.595. The van der Waals surface area contributed by atoms with Crippen LogP contribution in [-0.4, -0.2) is 11.0 Å². The molecule has 0 bridgehead atoms. The van der Waals surface area contributed by atoms with Gasteiger partial charge in [-0.3, -0.25) is 0 Å². The van der Waals surface area contributed by atoms with Crippen molar-refractivity contribution in [2.45, 2.75) is 77.4 Å². The molecule has 0 radical (unpaired) electrons. The van der Waals surface area contributed by atoms with Gasteiger partial charge in [-0.1, -0.05) is 52.9 Å². The van der Waals surface area contributed by atoms with E-state index >= 15 is 0 Å². The largest absolute Gasteiger partial charge is 0.159 e. The average molecular weight is 216 g/mol. The van der Waals surface area contributed by atoms with Crippen LogP contribution in [0, 0.1) is 0 Å². The van der Waals surface area contributed by atoms with E-state index in [-0.39, 0.29) is 0 Å². The molecule has 0 spiro atoms. The highest BCUT2D eigenvalue weighted by molar-refractivity contribution is 7.99. The summed E-state index contributed by atoms with van der Waals surface area (Å²) < 4.78 is 0. The van der Waals surface area contributed by atoms with Crippen LogP contribution in [0.25, 0.3) is 0 Å². The van der Waals surface area contributed by atoms with Gasteiger partial charge >= 0.3 is 0 Å². The second-order valence-corrected chi connectivity index (χ2v) is 5.54. The van der Waals surface area contributed by atoms with Crippen molar-refractivity contribution in [3.8, 4) is 0 Å². The number of thioether (sulfide) groups is 1. The van der Waals surface area contributed by atoms with Gasteiger partial charge in [0, 0.05) is 5.25 Å². The molecule has 0 amide bonds. The van der Waals surface area contributed by atoms with Gasteiger partial charge < -0.3 is 0 Å². The van der Waals surface area contributed by atoms with Crippen molar-refractivity contribution in [3.05, 3.63) is 0 Å². The number of rotatable bonds is 10. The Balaban J connectivity index is 3.40. The molecule has 1 unspecified atom stereocenters. The molecule has 0 aliphatic carbocycles. The van der Waals surface area contributed by atoms with Crippen LogP contribution in [0.3, 0.4) is 0 Å². The van der Waals surface area contributed by atoms with E-state index in [1.165, 1.54) is 57.1 Å². The summed E-state index contributed by atoms with van der Waals surface area (Å²) in [6.45, 7) is 6.88. The fraction of sp³-hybridized carbons (Fsp3) is 1.00. The molecule has 0 aromatic rings. The molecule has 0 N–H and O–H groups in total. The van der Waals surface area contributed by atoms with Crippen molar-refractivity contribution in [2.75, 3.05) is 5.75 Å². The monoisotopic (exact) mass is 216 g/mol. The summed E-state index contributed by atoms with van der Waals surface area (Å²) in [4.78, 5) is 0. The number of hydrogen-bond acceptors (Lipinski definition) is 1. The lowest BCUT2D eigenvalue weighted by Crippen LogP contribution is -2.03. The molecule has 14 heavy (non-hydrogen) atoms. The van der Waals surface area contributed by atoms with Crippen LogP contribution in [0.4, 0.5) is 0 Å². The Bertz CT molecular complexity index is 101. The van der Waals surface area contributed by atoms with Crippen LogP contribution in [0.1, 0.15) is 72.1 Å². The fourth-order valence-corrected chi connectivity index (χ4v) is 3.02. The topological polar surface area (TPSA) is 0 Å². The first-order valence-electron chi connectivity index (χ1n) is 6.46. The molecular weight excluding hydrogens is 188 g/mol. The summed E-state index contributed by atoms with van der Waals surface area (Å²) in [6.07, 6.45) is 11.3. The smallest absolute Gasteiger partial charge is 0.00469 e. The van der Waals surface area contributed by atoms with Crippen molar-refractivity contribution in [2.24, 2.45) is 0 Å². The van der Waals surface area contributed by atoms with E-state index in [0.717, 1.165) is 5.25 Å². The summed E-state index contributed by atoms with van der Waals surface area (Å²) >= 11 is 2.20. The fourth-order valence-electron chi connectivity index (χ4n) is 1.72. The molecule has 0 aromatic carbocycles. The maximum atomic E-state index is 2.31. The Kier molecular flexibility index (Phi) is 11.7. The van der Waals surface area contributed by atoms with Gasteiger partial charge in [0.05, 0.1) is 0 Å². The van der Waals surface area contributed by atoms with Crippen molar-refractivity contribution in [1.82, 2.24) is 0 Å². The van der Waals surface area contributed by atoms with Crippen molar-refractivity contribution in [1.29, 1.82) is 0 Å². The second kappa shape index (κ2) is 11.4. The lowest BCUT2D eigenvalue weighted by atomic mass is 10.1. The van der Waals surface area contributed by atoms with E-state index in [2.05, 4.69) is 32.5 Å². The van der Waals surface area contributed by atoms with Gasteiger partial charge in [0.1, 0.15) is 0 Å². The minimum Gasteiger partial charge on any atom is -0.159 e. The molecule has 0 rings (SSSR count). The minimum atomic E-state index is 0.955. The Labute approximate surface area is 95.2 Å². The van der Waals surface area contributed by atoms with Crippen LogP contribution in [-0.2, 0) is 0 Å². The molecule has 0 saturated heterocycles. The molecule has 0 aliphatic rings. The molecule has 86 valence electrons. The molecule has 0 fully saturated rings. The number of hydrogen-bond donors (Lipinski definition) is 0. The number of unbranched alkanes of at least 4 members (excludes halogenated alkanes) is 3. The third-order valence-electron chi connectivity index (χ3n) is 2.55. The van der Waals surface area contributed by atoms with Gasteiger partial charge in [0.25, 0.3) is 0 Å². The van der Waals surface area contributed by atoms with E-state index in [9.17, 15) is 0 Å². The Morgan fingerprint density at radius 1 is 0.786 bits per heavy atom. The predicted octanol–water partition coefficient (Wildman–Crippen LogP) is 5.27. The molecule has 1 heteroatoms. The van der Waals surface area contributed by atoms with Gasteiger partial charge in [-0.15, -0.1) is 0 Å². The Hall–Kier alpha value is 0.350. The molecule has 0 aliphatic heterocycles. The average Bonchev–Trinajstić information content (AvgIpc) is 2.20. The van der Waals surface area contributed by atoms with Gasteiger partial charge in [0.2, 0.25) is 0 Å². The van der Waals surface area contributed by atoms with E-state index in [1.54, 1.807) is 0 Å². The molecule has 0 heterocycles. The zero-order valence-corrected chi connectivity index (χ0v) is 11.2. The first kappa shape index (κ1) is 14.3. The zero-order valence-electron chi connectivity index (χ0n) is 10.3. The predicted molar refractivity (Wildman–Crippen MR) is 70.2 cm³/mol. The van der Waals surface area contributed by atoms with Crippen LogP contribution >= 0.6 is 11.8 Å². The Morgan fingerprint density at radius 2 is 1.57 bits per heavy atom. The second-order valence-electron chi connectivity index (χ2n) is 4.13. The first-order chi connectivity index (χ1) is 6.85. The maximum Gasteiger partial charge on any atom is 0.00469 e. The van der Waals surface area contributed by atoms with E-state index in [1.807, 2.05) is 0 Å². The SMILES string of the molecule is CCCCCCC(CCC)SCCC. The molecule has 0 saturated carbocycles. The summed E-state index contributed by atoms with van der Waals surface area (Å²) in [7, 11) is 0.